The highest BCUT2D eigenvalue weighted by Gasteiger charge is 2.24. The number of carbonyl (C=O) groups is 2. The van der Waals surface area contributed by atoms with Crippen molar-refractivity contribution in [2.75, 3.05) is 38.2 Å². The van der Waals surface area contributed by atoms with Gasteiger partial charge in [0.25, 0.3) is 0 Å². The van der Waals surface area contributed by atoms with Crippen LogP contribution in [-0.2, 0) is 16.0 Å². The molecule has 0 aromatic heterocycles. The van der Waals surface area contributed by atoms with E-state index in [1.165, 1.54) is 6.07 Å². The van der Waals surface area contributed by atoms with E-state index in [1.807, 2.05) is 13.8 Å². The molecule has 1 aromatic rings. The number of aliphatic hydroxyl groups excluding tert-OH is 1. The summed E-state index contributed by atoms with van der Waals surface area (Å²) in [6.07, 6.45) is 1.38. The zero-order valence-corrected chi connectivity index (χ0v) is 18.2. The van der Waals surface area contributed by atoms with Crippen molar-refractivity contribution in [2.24, 2.45) is 5.92 Å². The number of nitrogens with zero attached hydrogens (tertiary/aromatic N) is 1. The van der Waals surface area contributed by atoms with E-state index in [1.54, 1.807) is 6.07 Å². The lowest BCUT2D eigenvalue weighted by atomic mass is 10.0. The molecule has 9 heteroatoms. The van der Waals surface area contributed by atoms with E-state index in [4.69, 9.17) is 9.47 Å². The largest absolute Gasteiger partial charge is 0.506 e. The van der Waals surface area contributed by atoms with Crippen LogP contribution >= 0.6 is 0 Å². The van der Waals surface area contributed by atoms with Crippen LogP contribution in [0.2, 0.25) is 0 Å². The third-order valence-electron chi connectivity index (χ3n) is 5.47. The Hall–Kier alpha value is -2.52. The van der Waals surface area contributed by atoms with Crippen molar-refractivity contribution < 1.29 is 29.3 Å². The summed E-state index contributed by atoms with van der Waals surface area (Å²) in [5.74, 6) is 0.753. The first-order chi connectivity index (χ1) is 14.8. The monoisotopic (exact) mass is 435 g/mol. The number of amides is 2. The quantitative estimate of drug-likeness (QED) is 0.460. The number of piperidine rings is 1. The molecule has 3 rings (SSSR count). The van der Waals surface area contributed by atoms with E-state index in [2.05, 4.69) is 15.5 Å². The second-order valence-electron chi connectivity index (χ2n) is 8.66. The number of likely N-dealkylation sites (tertiary alicyclic amines) is 1. The van der Waals surface area contributed by atoms with E-state index in [0.717, 1.165) is 31.5 Å². The van der Waals surface area contributed by atoms with Crippen molar-refractivity contribution in [1.29, 1.82) is 0 Å². The molecule has 1 aromatic carbocycles. The minimum Gasteiger partial charge on any atom is -0.506 e. The maximum absolute atomic E-state index is 11.8. The van der Waals surface area contributed by atoms with Crippen LogP contribution < -0.4 is 15.4 Å². The van der Waals surface area contributed by atoms with Gasteiger partial charge >= 0.3 is 6.09 Å². The van der Waals surface area contributed by atoms with Crippen LogP contribution in [0.1, 0.15) is 38.7 Å². The molecule has 9 nitrogen and oxygen atoms in total. The minimum atomic E-state index is -0.678. The van der Waals surface area contributed by atoms with Gasteiger partial charge in [0.15, 0.2) is 0 Å². The third kappa shape index (κ3) is 6.73. The zero-order valence-electron chi connectivity index (χ0n) is 18.2. The Bertz CT molecular complexity index is 777. The van der Waals surface area contributed by atoms with Crippen molar-refractivity contribution in [1.82, 2.24) is 10.2 Å². The average molecular weight is 436 g/mol. The Balaban J connectivity index is 1.40. The second kappa shape index (κ2) is 10.7. The van der Waals surface area contributed by atoms with E-state index < -0.39 is 6.10 Å². The van der Waals surface area contributed by atoms with Crippen LogP contribution in [0, 0.1) is 5.92 Å². The van der Waals surface area contributed by atoms with Gasteiger partial charge in [-0.1, -0.05) is 13.8 Å². The molecule has 172 valence electrons. The SMILES string of the molecule is CC(C)COC(=O)NC1CCN(CC(O)COc2ccc(O)c3c2CCC(=O)N3)CC1. The van der Waals surface area contributed by atoms with E-state index in [9.17, 15) is 19.8 Å². The summed E-state index contributed by atoms with van der Waals surface area (Å²) in [6, 6.07) is 3.23. The number of rotatable bonds is 8. The fourth-order valence-electron chi connectivity index (χ4n) is 3.83. The lowest BCUT2D eigenvalue weighted by Gasteiger charge is -2.33. The van der Waals surface area contributed by atoms with E-state index in [0.29, 0.717) is 43.3 Å². The molecule has 0 bridgehead atoms. The van der Waals surface area contributed by atoms with Crippen LogP contribution in [0.25, 0.3) is 0 Å². The summed E-state index contributed by atoms with van der Waals surface area (Å²) >= 11 is 0. The Morgan fingerprint density at radius 1 is 1.26 bits per heavy atom. The highest BCUT2D eigenvalue weighted by Crippen LogP contribution is 2.38. The maximum Gasteiger partial charge on any atom is 0.407 e. The number of alkyl carbamates (subject to hydrolysis) is 1. The number of phenolic OH excluding ortho intramolecular Hbond substituents is 1. The molecule has 1 unspecified atom stereocenters. The average Bonchev–Trinajstić information content (AvgIpc) is 2.73. The highest BCUT2D eigenvalue weighted by molar-refractivity contribution is 5.96. The number of benzene rings is 1. The normalized spacial score (nSPS) is 18.3. The van der Waals surface area contributed by atoms with Gasteiger partial charge in [0.2, 0.25) is 5.91 Å². The van der Waals surface area contributed by atoms with Crippen LogP contribution in [0.15, 0.2) is 12.1 Å². The number of fused-ring (bicyclic) bond motifs is 1. The first-order valence-electron chi connectivity index (χ1n) is 10.9. The van der Waals surface area contributed by atoms with Crippen molar-refractivity contribution in [3.05, 3.63) is 17.7 Å². The molecule has 31 heavy (non-hydrogen) atoms. The number of anilines is 1. The predicted octanol–water partition coefficient (Wildman–Crippen LogP) is 1.86. The van der Waals surface area contributed by atoms with Gasteiger partial charge < -0.3 is 35.2 Å². The predicted molar refractivity (Wildman–Crippen MR) is 115 cm³/mol. The smallest absolute Gasteiger partial charge is 0.407 e. The summed E-state index contributed by atoms with van der Waals surface area (Å²) in [7, 11) is 0. The van der Waals surface area contributed by atoms with Gasteiger partial charge in [-0.3, -0.25) is 4.79 Å². The topological polar surface area (TPSA) is 120 Å². The van der Waals surface area contributed by atoms with Crippen molar-refractivity contribution in [3.8, 4) is 11.5 Å². The molecular weight excluding hydrogens is 402 g/mol. The standard InChI is InChI=1S/C22H33N3O6/c1-14(2)12-31-22(29)23-15-7-9-25(10-8-15)11-16(26)13-30-19-5-4-18(27)21-17(19)3-6-20(28)24-21/h4-5,14-16,26-27H,3,6-13H2,1-2H3,(H,23,29)(H,24,28). The first-order valence-corrected chi connectivity index (χ1v) is 10.9. The van der Waals surface area contributed by atoms with Crippen molar-refractivity contribution in [2.45, 2.75) is 51.7 Å². The fourth-order valence-corrected chi connectivity index (χ4v) is 3.83. The van der Waals surface area contributed by atoms with Gasteiger partial charge in [0.05, 0.1) is 12.3 Å². The number of hydrogen-bond donors (Lipinski definition) is 4. The molecule has 2 heterocycles. The van der Waals surface area contributed by atoms with Crippen molar-refractivity contribution >= 4 is 17.7 Å². The molecule has 1 atom stereocenters. The first kappa shape index (κ1) is 23.1. The van der Waals surface area contributed by atoms with Crippen molar-refractivity contribution in [3.63, 3.8) is 0 Å². The summed E-state index contributed by atoms with van der Waals surface area (Å²) < 4.78 is 11.0. The molecule has 2 aliphatic rings. The van der Waals surface area contributed by atoms with Crippen LogP contribution in [0.5, 0.6) is 11.5 Å². The number of carbonyl (C=O) groups excluding carboxylic acids is 2. The number of phenols is 1. The second-order valence-corrected chi connectivity index (χ2v) is 8.66. The van der Waals surface area contributed by atoms with Gasteiger partial charge in [-0.15, -0.1) is 0 Å². The lowest BCUT2D eigenvalue weighted by Crippen LogP contribution is -2.47. The van der Waals surface area contributed by atoms with Gasteiger partial charge in [-0.25, -0.2) is 4.79 Å². The zero-order chi connectivity index (χ0) is 22.4. The number of β-amino-alcohol motifs (C(OH)–C–C–N with tert-alkyl or cyclic N) is 1. The molecule has 2 amide bonds. The summed E-state index contributed by atoms with van der Waals surface area (Å²) in [4.78, 5) is 25.5. The number of aliphatic hydroxyl groups is 1. The molecule has 0 aliphatic carbocycles. The number of aromatic hydroxyl groups is 1. The van der Waals surface area contributed by atoms with Crippen LogP contribution in [0.4, 0.5) is 10.5 Å². The van der Waals surface area contributed by atoms with Gasteiger partial charge in [0.1, 0.15) is 24.2 Å². The molecule has 2 aliphatic heterocycles. The lowest BCUT2D eigenvalue weighted by molar-refractivity contribution is -0.116. The summed E-state index contributed by atoms with van der Waals surface area (Å²) in [6.45, 7) is 6.53. The fraction of sp³-hybridized carbons (Fsp3) is 0.636. The van der Waals surface area contributed by atoms with Crippen LogP contribution in [0.3, 0.4) is 0 Å². The Kier molecular flexibility index (Phi) is 7.97. The molecule has 4 N–H and O–H groups in total. The molecule has 0 radical (unpaired) electrons. The minimum absolute atomic E-state index is 0.0144. The maximum atomic E-state index is 11.8. The molecule has 0 spiro atoms. The Labute approximate surface area is 182 Å². The third-order valence-corrected chi connectivity index (χ3v) is 5.47. The number of nitrogens with one attached hydrogen (secondary N) is 2. The van der Waals surface area contributed by atoms with Gasteiger partial charge in [0, 0.05) is 37.7 Å². The molecule has 0 saturated carbocycles. The molecule has 1 fully saturated rings. The van der Waals surface area contributed by atoms with Gasteiger partial charge in [-0.2, -0.15) is 0 Å². The summed E-state index contributed by atoms with van der Waals surface area (Å²) in [5, 5.41) is 26.0. The summed E-state index contributed by atoms with van der Waals surface area (Å²) in [5.41, 5.74) is 1.15. The van der Waals surface area contributed by atoms with E-state index in [-0.39, 0.29) is 30.4 Å². The highest BCUT2D eigenvalue weighted by atomic mass is 16.5. The van der Waals surface area contributed by atoms with Crippen LogP contribution in [-0.4, -0.2) is 72.1 Å². The number of hydrogen-bond acceptors (Lipinski definition) is 7. The van der Waals surface area contributed by atoms with E-state index >= 15 is 0 Å². The van der Waals surface area contributed by atoms with Gasteiger partial charge in [-0.05, 0) is 37.3 Å². The Morgan fingerprint density at radius 3 is 2.71 bits per heavy atom. The Morgan fingerprint density at radius 2 is 2.00 bits per heavy atom. The molecular formula is C22H33N3O6. The molecule has 1 saturated heterocycles. The number of ether oxygens (including phenoxy) is 2.